The fourth-order valence-corrected chi connectivity index (χ4v) is 0.223. The van der Waals surface area contributed by atoms with Gasteiger partial charge in [-0.15, -0.1) is 0 Å². The first-order valence-electron chi connectivity index (χ1n) is 2.08. The second-order valence-corrected chi connectivity index (χ2v) is 1.20. The Morgan fingerprint density at radius 1 is 1.62 bits per heavy atom. The fourth-order valence-electron chi connectivity index (χ4n) is 0.223. The van der Waals surface area contributed by atoms with E-state index >= 15 is 0 Å². The Balaban J connectivity index is 0. The van der Waals surface area contributed by atoms with Crippen LogP contribution in [0.5, 0.6) is 0 Å². The smallest absolute Gasteiger partial charge is 0.550 e. The fraction of sp³-hybridized carbons (Fsp3) is 0.750. The minimum Gasteiger partial charge on any atom is -0.550 e. The Hall–Kier alpha value is 0.170. The zero-order valence-electron chi connectivity index (χ0n) is 4.19. The van der Waals surface area contributed by atoms with Crippen LogP contribution in [-0.2, 0) is 27.2 Å². The summed E-state index contributed by atoms with van der Waals surface area (Å²) in [5.41, 5.74) is 0. The summed E-state index contributed by atoms with van der Waals surface area (Å²) in [6, 6.07) is 0. The molecule has 1 N–H and O–H groups in total. The van der Waals surface area contributed by atoms with Gasteiger partial charge in [-0.1, -0.05) is 0 Å². The normalized spacial score (nSPS) is 7.62. The maximum atomic E-state index is 9.54. The third kappa shape index (κ3) is 9.48. The Morgan fingerprint density at radius 2 is 2.12 bits per heavy atom. The summed E-state index contributed by atoms with van der Waals surface area (Å²) in [5, 5.41) is 17.6. The molecule has 0 fully saturated rings. The molecular weight excluding hydrogens is 204 g/mol. The summed E-state index contributed by atoms with van der Waals surface area (Å²) in [4.78, 5) is 9.54. The number of hydrogen-bond acceptors (Lipinski definition) is 3. The first kappa shape index (κ1) is 11.0. The Morgan fingerprint density at radius 3 is 2.25 bits per heavy atom. The van der Waals surface area contributed by atoms with E-state index in [0.717, 1.165) is 0 Å². The average Bonchev–Trinajstić information content (AvgIpc) is 1.61. The Bertz CT molecular complexity index is 64.3. The van der Waals surface area contributed by atoms with Gasteiger partial charge in [-0.2, -0.15) is 0 Å². The molecular formula is C4H7AgO3. The van der Waals surface area contributed by atoms with Gasteiger partial charge < -0.3 is 15.0 Å². The van der Waals surface area contributed by atoms with Crippen LogP contribution in [0.2, 0.25) is 0 Å². The van der Waals surface area contributed by atoms with Crippen molar-refractivity contribution in [2.75, 3.05) is 6.61 Å². The molecule has 0 aromatic rings. The number of hydrogen-bond donors (Lipinski definition) is 1. The molecule has 0 saturated heterocycles. The third-order valence-corrected chi connectivity index (χ3v) is 0.539. The maximum Gasteiger partial charge on any atom is 1.00 e. The molecule has 0 rings (SSSR count). The molecule has 0 saturated carbocycles. The molecule has 0 unspecified atom stereocenters. The van der Waals surface area contributed by atoms with Crippen molar-refractivity contribution in [3.8, 4) is 0 Å². The van der Waals surface area contributed by atoms with Crippen molar-refractivity contribution in [2.24, 2.45) is 0 Å². The molecule has 0 bridgehead atoms. The van der Waals surface area contributed by atoms with E-state index in [2.05, 4.69) is 0 Å². The molecule has 0 aromatic carbocycles. The molecule has 3 nitrogen and oxygen atoms in total. The summed E-state index contributed by atoms with van der Waals surface area (Å²) in [6.45, 7) is -0.0754. The molecule has 0 radical (unpaired) electrons. The van der Waals surface area contributed by atoms with Crippen molar-refractivity contribution in [3.63, 3.8) is 0 Å². The minimum absolute atomic E-state index is 0. The van der Waals surface area contributed by atoms with E-state index in [1.165, 1.54) is 0 Å². The molecule has 8 heavy (non-hydrogen) atoms. The minimum atomic E-state index is -1.10. The van der Waals surface area contributed by atoms with Gasteiger partial charge >= 0.3 is 22.4 Å². The van der Waals surface area contributed by atoms with E-state index in [1.54, 1.807) is 0 Å². The zero-order valence-corrected chi connectivity index (χ0v) is 5.67. The molecule has 0 heterocycles. The number of carboxylic acid groups (broad SMARTS) is 1. The summed E-state index contributed by atoms with van der Waals surface area (Å²) in [6.07, 6.45) is 0.249. The van der Waals surface area contributed by atoms with E-state index in [1.807, 2.05) is 0 Å². The number of carboxylic acids is 1. The molecule has 4 heteroatoms. The van der Waals surface area contributed by atoms with Crippen molar-refractivity contribution >= 4 is 5.97 Å². The van der Waals surface area contributed by atoms with Gasteiger partial charge in [0.15, 0.2) is 0 Å². The average molecular weight is 211 g/mol. The Labute approximate surface area is 63.2 Å². The Kier molecular flexibility index (Phi) is 9.89. The van der Waals surface area contributed by atoms with E-state index in [4.69, 9.17) is 5.11 Å². The van der Waals surface area contributed by atoms with Crippen molar-refractivity contribution in [1.82, 2.24) is 0 Å². The molecule has 0 aliphatic carbocycles. The van der Waals surface area contributed by atoms with Crippen molar-refractivity contribution in [1.29, 1.82) is 0 Å². The van der Waals surface area contributed by atoms with Crippen LogP contribution in [-0.4, -0.2) is 17.7 Å². The van der Waals surface area contributed by atoms with Crippen LogP contribution in [0.4, 0.5) is 0 Å². The first-order valence-corrected chi connectivity index (χ1v) is 2.08. The van der Waals surface area contributed by atoms with Crippen LogP contribution in [0.3, 0.4) is 0 Å². The summed E-state index contributed by atoms with van der Waals surface area (Å²) >= 11 is 0. The van der Waals surface area contributed by atoms with Crippen molar-refractivity contribution in [2.45, 2.75) is 12.8 Å². The quantitative estimate of drug-likeness (QED) is 0.578. The van der Waals surface area contributed by atoms with E-state index in [9.17, 15) is 9.90 Å². The SMILES string of the molecule is O=C([O-])CCCO.[Ag+]. The second kappa shape index (κ2) is 7.17. The predicted molar refractivity (Wildman–Crippen MR) is 21.3 cm³/mol. The van der Waals surface area contributed by atoms with Crippen LogP contribution < -0.4 is 5.11 Å². The number of aliphatic hydroxyl groups is 1. The van der Waals surface area contributed by atoms with Crippen molar-refractivity contribution < 1.29 is 37.4 Å². The van der Waals surface area contributed by atoms with E-state index in [0.29, 0.717) is 6.42 Å². The van der Waals surface area contributed by atoms with Gasteiger partial charge in [-0.05, 0) is 12.8 Å². The number of aliphatic carboxylic acids is 1. The van der Waals surface area contributed by atoms with Gasteiger partial charge in [0.2, 0.25) is 0 Å². The van der Waals surface area contributed by atoms with Crippen LogP contribution in [0.15, 0.2) is 0 Å². The van der Waals surface area contributed by atoms with Gasteiger partial charge in [0, 0.05) is 12.6 Å². The monoisotopic (exact) mass is 210 g/mol. The first-order chi connectivity index (χ1) is 3.27. The van der Waals surface area contributed by atoms with E-state index in [-0.39, 0.29) is 35.4 Å². The molecule has 52 valence electrons. The topological polar surface area (TPSA) is 60.4 Å². The van der Waals surface area contributed by atoms with Gasteiger partial charge in [0.25, 0.3) is 0 Å². The van der Waals surface area contributed by atoms with Crippen LogP contribution in [0, 0.1) is 0 Å². The van der Waals surface area contributed by atoms with Gasteiger partial charge in [-0.3, -0.25) is 0 Å². The second-order valence-electron chi connectivity index (χ2n) is 1.20. The summed E-state index contributed by atoms with van der Waals surface area (Å²) in [5.74, 6) is -1.10. The predicted octanol–water partition coefficient (Wildman–Crippen LogP) is -1.49. The van der Waals surface area contributed by atoms with Crippen LogP contribution in [0.25, 0.3) is 0 Å². The third-order valence-electron chi connectivity index (χ3n) is 0.539. The maximum absolute atomic E-state index is 9.54. The standard InChI is InChI=1S/C4H8O3.Ag/c5-3-1-2-4(6)7;/h5H,1-3H2,(H,6,7);/q;+1/p-1. The number of carbonyl (C=O) groups is 1. The molecule has 0 aliphatic rings. The van der Waals surface area contributed by atoms with Crippen LogP contribution >= 0.6 is 0 Å². The van der Waals surface area contributed by atoms with Gasteiger partial charge in [0.05, 0.1) is 0 Å². The summed E-state index contributed by atoms with van der Waals surface area (Å²) < 4.78 is 0. The van der Waals surface area contributed by atoms with Gasteiger partial charge in [0.1, 0.15) is 0 Å². The molecule has 0 amide bonds. The summed E-state index contributed by atoms with van der Waals surface area (Å²) in [7, 11) is 0. The van der Waals surface area contributed by atoms with E-state index < -0.39 is 5.97 Å². The van der Waals surface area contributed by atoms with Gasteiger partial charge in [-0.25, -0.2) is 0 Å². The number of aliphatic hydroxyl groups excluding tert-OH is 1. The van der Waals surface area contributed by atoms with Crippen molar-refractivity contribution in [3.05, 3.63) is 0 Å². The zero-order chi connectivity index (χ0) is 5.70. The molecule has 0 aromatic heterocycles. The van der Waals surface area contributed by atoms with Crippen LogP contribution in [0.1, 0.15) is 12.8 Å². The molecule has 0 spiro atoms. The number of rotatable bonds is 3. The number of carbonyl (C=O) groups excluding carboxylic acids is 1. The molecule has 0 atom stereocenters. The molecule has 0 aliphatic heterocycles. The largest absolute Gasteiger partial charge is 1.00 e.